The molecule has 1 N–H and O–H groups in total. The van der Waals surface area contributed by atoms with Gasteiger partial charge >= 0.3 is 0 Å². The molecule has 1 aromatic heterocycles. The van der Waals surface area contributed by atoms with Gasteiger partial charge in [-0.05, 0) is 31.5 Å². The van der Waals surface area contributed by atoms with Gasteiger partial charge in [0.15, 0.2) is 5.03 Å². The van der Waals surface area contributed by atoms with E-state index in [2.05, 4.69) is 25.6 Å². The van der Waals surface area contributed by atoms with Gasteiger partial charge < -0.3 is 4.57 Å². The van der Waals surface area contributed by atoms with E-state index in [0.717, 1.165) is 6.42 Å². The first-order chi connectivity index (χ1) is 9.83. The third-order valence-electron chi connectivity index (χ3n) is 2.87. The summed E-state index contributed by atoms with van der Waals surface area (Å²) >= 11 is 3.12. The minimum Gasteiger partial charge on any atom is -0.334 e. The molecule has 0 aliphatic rings. The van der Waals surface area contributed by atoms with E-state index >= 15 is 0 Å². The third kappa shape index (κ3) is 3.62. The van der Waals surface area contributed by atoms with Crippen molar-refractivity contribution in [3.63, 3.8) is 0 Å². The summed E-state index contributed by atoms with van der Waals surface area (Å²) in [6.07, 6.45) is 2.32. The maximum absolute atomic E-state index is 13.7. The summed E-state index contributed by atoms with van der Waals surface area (Å²) in [7, 11) is -3.91. The number of hydrogen-bond acceptors (Lipinski definition) is 3. The van der Waals surface area contributed by atoms with Crippen molar-refractivity contribution >= 4 is 31.6 Å². The van der Waals surface area contributed by atoms with Gasteiger partial charge in [0.1, 0.15) is 11.6 Å². The molecule has 5 nitrogen and oxygen atoms in total. The molecule has 21 heavy (non-hydrogen) atoms. The minimum atomic E-state index is -3.91. The van der Waals surface area contributed by atoms with Crippen LogP contribution >= 0.6 is 15.9 Å². The normalized spacial score (nSPS) is 11.6. The average molecular weight is 376 g/mol. The van der Waals surface area contributed by atoms with Crippen LogP contribution < -0.4 is 4.72 Å². The van der Waals surface area contributed by atoms with Crippen LogP contribution in [0.3, 0.4) is 0 Å². The molecule has 1 aromatic carbocycles. The Balaban J connectivity index is 2.32. The summed E-state index contributed by atoms with van der Waals surface area (Å²) < 4.78 is 42.7. The van der Waals surface area contributed by atoms with Crippen LogP contribution in [0.1, 0.15) is 19.2 Å². The van der Waals surface area contributed by atoms with Gasteiger partial charge in [0.05, 0.1) is 5.69 Å². The highest BCUT2D eigenvalue weighted by atomic mass is 79.9. The second kappa shape index (κ2) is 6.15. The predicted molar refractivity (Wildman–Crippen MR) is 82.2 cm³/mol. The fourth-order valence-electron chi connectivity index (χ4n) is 1.85. The molecule has 0 aliphatic carbocycles. The molecule has 2 rings (SSSR count). The van der Waals surface area contributed by atoms with Crippen molar-refractivity contribution in [1.29, 1.82) is 0 Å². The highest BCUT2D eigenvalue weighted by Crippen LogP contribution is 2.22. The van der Waals surface area contributed by atoms with Gasteiger partial charge in [0.2, 0.25) is 0 Å². The Bertz CT molecular complexity index is 759. The highest BCUT2D eigenvalue weighted by Gasteiger charge is 2.20. The zero-order valence-corrected chi connectivity index (χ0v) is 14.0. The van der Waals surface area contributed by atoms with Crippen molar-refractivity contribution in [2.24, 2.45) is 0 Å². The van der Waals surface area contributed by atoms with Crippen molar-refractivity contribution in [3.05, 3.63) is 40.5 Å². The van der Waals surface area contributed by atoms with Crippen molar-refractivity contribution < 1.29 is 12.8 Å². The lowest BCUT2D eigenvalue weighted by atomic mass is 10.3. The molecule has 0 radical (unpaired) electrons. The Labute approximate surface area is 131 Å². The molecule has 0 atom stereocenters. The van der Waals surface area contributed by atoms with Crippen LogP contribution in [-0.2, 0) is 16.6 Å². The summed E-state index contributed by atoms with van der Waals surface area (Å²) in [6.45, 7) is 4.40. The number of sulfonamides is 1. The first kappa shape index (κ1) is 16.0. The Morgan fingerprint density at radius 1 is 1.43 bits per heavy atom. The average Bonchev–Trinajstić information content (AvgIpc) is 2.76. The van der Waals surface area contributed by atoms with Crippen molar-refractivity contribution in [1.82, 2.24) is 9.55 Å². The minimum absolute atomic E-state index is 0.110. The zero-order chi connectivity index (χ0) is 15.6. The molecule has 0 amide bonds. The van der Waals surface area contributed by atoms with E-state index in [9.17, 15) is 12.8 Å². The van der Waals surface area contributed by atoms with Crippen LogP contribution in [0.15, 0.2) is 33.9 Å². The molecule has 0 bridgehead atoms. The lowest BCUT2D eigenvalue weighted by molar-refractivity contribution is 0.595. The summed E-state index contributed by atoms with van der Waals surface area (Å²) in [6, 6.07) is 4.10. The lowest BCUT2D eigenvalue weighted by Crippen LogP contribution is -2.14. The summed E-state index contributed by atoms with van der Waals surface area (Å²) in [4.78, 5) is 4.03. The molecule has 1 heterocycles. The Morgan fingerprint density at radius 2 is 2.14 bits per heavy atom. The Morgan fingerprint density at radius 3 is 2.76 bits per heavy atom. The molecule has 8 heteroatoms. The van der Waals surface area contributed by atoms with E-state index in [0.29, 0.717) is 16.8 Å². The smallest absolute Gasteiger partial charge is 0.281 e. The summed E-state index contributed by atoms with van der Waals surface area (Å²) in [5.41, 5.74) is -0.110. The molecule has 0 aliphatic heterocycles. The monoisotopic (exact) mass is 375 g/mol. The largest absolute Gasteiger partial charge is 0.334 e. The molecule has 0 saturated carbocycles. The van der Waals surface area contributed by atoms with Gasteiger partial charge in [-0.2, -0.15) is 8.42 Å². The molecule has 0 saturated heterocycles. The highest BCUT2D eigenvalue weighted by molar-refractivity contribution is 9.10. The third-order valence-corrected chi connectivity index (χ3v) is 4.60. The van der Waals surface area contributed by atoms with E-state index in [1.54, 1.807) is 17.6 Å². The molecule has 114 valence electrons. The van der Waals surface area contributed by atoms with Gasteiger partial charge in [-0.1, -0.05) is 22.9 Å². The van der Waals surface area contributed by atoms with Crippen molar-refractivity contribution in [3.8, 4) is 0 Å². The zero-order valence-electron chi connectivity index (χ0n) is 11.6. The molecule has 2 aromatic rings. The number of aromatic nitrogens is 2. The summed E-state index contributed by atoms with van der Waals surface area (Å²) in [5.74, 6) is -0.0498. The van der Waals surface area contributed by atoms with Crippen LogP contribution in [0.2, 0.25) is 0 Å². The van der Waals surface area contributed by atoms with Crippen LogP contribution in [0, 0.1) is 12.7 Å². The standard InChI is InChI=1S/C13H15BrFN3O2S/c1-3-6-18-8-13(16-9(18)2)21(19,20)17-12-5-4-10(14)7-11(12)15/h4-5,7-8,17H,3,6H2,1-2H3. The second-order valence-electron chi connectivity index (χ2n) is 4.55. The first-order valence-corrected chi connectivity index (χ1v) is 8.62. The van der Waals surface area contributed by atoms with E-state index in [1.807, 2.05) is 6.92 Å². The molecule has 0 unspecified atom stereocenters. The van der Waals surface area contributed by atoms with Crippen LogP contribution in [-0.4, -0.2) is 18.0 Å². The molecule has 0 spiro atoms. The molecule has 0 fully saturated rings. The van der Waals surface area contributed by atoms with Crippen LogP contribution in [0.5, 0.6) is 0 Å². The summed E-state index contributed by atoms with van der Waals surface area (Å²) in [5, 5.41) is -0.115. The van der Waals surface area contributed by atoms with E-state index in [1.165, 1.54) is 18.3 Å². The van der Waals surface area contributed by atoms with E-state index in [-0.39, 0.29) is 10.7 Å². The van der Waals surface area contributed by atoms with Gasteiger partial charge in [-0.3, -0.25) is 4.72 Å². The number of nitrogens with zero attached hydrogens (tertiary/aromatic N) is 2. The number of halogens is 2. The molecular weight excluding hydrogens is 361 g/mol. The van der Waals surface area contributed by atoms with Gasteiger partial charge in [-0.25, -0.2) is 9.37 Å². The quantitative estimate of drug-likeness (QED) is 0.871. The van der Waals surface area contributed by atoms with Crippen molar-refractivity contribution in [2.75, 3.05) is 4.72 Å². The topological polar surface area (TPSA) is 64.0 Å². The van der Waals surface area contributed by atoms with Gasteiger partial charge in [-0.15, -0.1) is 0 Å². The first-order valence-electron chi connectivity index (χ1n) is 6.35. The fraction of sp³-hybridized carbons (Fsp3) is 0.308. The molecular formula is C13H15BrFN3O2S. The number of benzene rings is 1. The number of nitrogens with one attached hydrogen (secondary N) is 1. The maximum Gasteiger partial charge on any atom is 0.281 e. The fourth-order valence-corrected chi connectivity index (χ4v) is 3.26. The lowest BCUT2D eigenvalue weighted by Gasteiger charge is -2.07. The van der Waals surface area contributed by atoms with Crippen LogP contribution in [0.4, 0.5) is 10.1 Å². The number of rotatable bonds is 5. The number of hydrogen-bond donors (Lipinski definition) is 1. The SMILES string of the molecule is CCCn1cc(S(=O)(=O)Nc2ccc(Br)cc2F)nc1C. The Hall–Kier alpha value is -1.41. The number of aryl methyl sites for hydroxylation is 2. The van der Waals surface area contributed by atoms with Crippen LogP contribution in [0.25, 0.3) is 0 Å². The second-order valence-corrected chi connectivity index (χ2v) is 7.09. The van der Waals surface area contributed by atoms with Gasteiger partial charge in [0, 0.05) is 17.2 Å². The Kier molecular flexibility index (Phi) is 4.67. The predicted octanol–water partition coefficient (Wildman–Crippen LogP) is 3.30. The van der Waals surface area contributed by atoms with Crippen molar-refractivity contribution in [2.45, 2.75) is 31.8 Å². The number of imidazole rings is 1. The van der Waals surface area contributed by atoms with Gasteiger partial charge in [0.25, 0.3) is 10.0 Å². The van der Waals surface area contributed by atoms with E-state index in [4.69, 9.17) is 0 Å². The van der Waals surface area contributed by atoms with E-state index < -0.39 is 15.8 Å². The maximum atomic E-state index is 13.7. The number of anilines is 1.